The second-order valence-electron chi connectivity index (χ2n) is 21.0. The fourth-order valence-electron chi connectivity index (χ4n) is 16.6. The number of hydrogen-bond donors (Lipinski definition) is 2. The van der Waals surface area contributed by atoms with Crippen molar-refractivity contribution in [3.05, 3.63) is 0 Å². The molecule has 6 bridgehead atoms. The van der Waals surface area contributed by atoms with Crippen LogP contribution in [0.5, 0.6) is 0 Å². The number of aliphatic carboxylic acids is 1. The van der Waals surface area contributed by atoms with Gasteiger partial charge in [-0.3, -0.25) is 47.9 Å². The van der Waals surface area contributed by atoms with Gasteiger partial charge >= 0.3 is 59.7 Å². The lowest BCUT2D eigenvalue weighted by molar-refractivity contribution is -0.194. The molecule has 0 aromatic rings. The SMILES string of the molecule is C.C.C.C.C.C.COC(=O)C1C2CC(C1C(=O)O)C(C1C(=O)OC(=O)C1C)C2C1C(=O)OC(=O)C1C1C2CC(CC2C(=O)OCCO)C1C1C(=O)OC(=O)C1C1C(C)C2CC(C(=O)OC3CCCCO3)C1C2. The number of carbonyl (C=O) groups excluding carboxylic acids is 9. The fourth-order valence-corrected chi connectivity index (χ4v) is 16.6. The van der Waals surface area contributed by atoms with Crippen molar-refractivity contribution in [2.45, 2.75) is 116 Å². The first-order valence-electron chi connectivity index (χ1n) is 23.7. The molecule has 6 aliphatic carbocycles. The molecular formula is C53H80O19. The van der Waals surface area contributed by atoms with Crippen molar-refractivity contribution in [1.82, 2.24) is 0 Å². The Kier molecular flexibility index (Phi) is 18.6. The van der Waals surface area contributed by atoms with Crippen molar-refractivity contribution in [1.29, 1.82) is 0 Å². The summed E-state index contributed by atoms with van der Waals surface area (Å²) in [5, 5.41) is 20.1. The molecule has 0 spiro atoms. The predicted octanol–water partition coefficient (Wildman–Crippen LogP) is 5.54. The summed E-state index contributed by atoms with van der Waals surface area (Å²) in [7, 11) is 1.10. The Balaban J connectivity index is 0.00000187. The van der Waals surface area contributed by atoms with Crippen molar-refractivity contribution >= 4 is 59.7 Å². The van der Waals surface area contributed by atoms with Gasteiger partial charge in [-0.05, 0) is 116 Å². The number of carboxylic acids is 1. The molecule has 23 atom stereocenters. The number of esters is 9. The van der Waals surface area contributed by atoms with Gasteiger partial charge in [0.25, 0.3) is 0 Å². The highest BCUT2D eigenvalue weighted by Gasteiger charge is 2.75. The number of aliphatic hydroxyl groups excluding tert-OH is 1. The lowest BCUT2D eigenvalue weighted by Crippen LogP contribution is -2.53. The van der Waals surface area contributed by atoms with E-state index >= 15 is 0 Å². The molecule has 0 amide bonds. The van der Waals surface area contributed by atoms with Crippen LogP contribution in [0.1, 0.15) is 110 Å². The summed E-state index contributed by atoms with van der Waals surface area (Å²) < 4.78 is 38.3. The van der Waals surface area contributed by atoms with Crippen LogP contribution >= 0.6 is 0 Å². The minimum absolute atomic E-state index is 0. The maximum Gasteiger partial charge on any atom is 0.317 e. The zero-order valence-electron chi connectivity index (χ0n) is 36.9. The minimum Gasteiger partial charge on any atom is -0.481 e. The summed E-state index contributed by atoms with van der Waals surface area (Å²) in [6, 6.07) is 0. The largest absolute Gasteiger partial charge is 0.481 e. The van der Waals surface area contributed by atoms with Gasteiger partial charge < -0.3 is 43.4 Å². The van der Waals surface area contributed by atoms with Crippen molar-refractivity contribution in [2.75, 3.05) is 26.9 Å². The van der Waals surface area contributed by atoms with E-state index in [0.29, 0.717) is 25.9 Å². The Morgan fingerprint density at radius 2 is 1.04 bits per heavy atom. The first kappa shape index (κ1) is 59.8. The number of aliphatic hydroxyl groups is 1. The topological polar surface area (TPSA) is 276 Å². The molecule has 19 nitrogen and oxygen atoms in total. The fraction of sp³-hybridized carbons (Fsp3) is 0.811. The molecule has 10 fully saturated rings. The molecule has 4 heterocycles. The van der Waals surface area contributed by atoms with E-state index in [1.54, 1.807) is 0 Å². The Hall–Kier alpha value is -4.78. The van der Waals surface area contributed by atoms with E-state index in [9.17, 15) is 58.2 Å². The average molecular weight is 1020 g/mol. The highest BCUT2D eigenvalue weighted by Crippen LogP contribution is 2.70. The van der Waals surface area contributed by atoms with Crippen LogP contribution in [0.3, 0.4) is 0 Å². The number of rotatable bonds is 12. The van der Waals surface area contributed by atoms with Crippen LogP contribution in [0.25, 0.3) is 0 Å². The standard InChI is InChI=1S/C47H56O19.6CH4/c1-15-17-10-19(22(11-17)41(53)63-25-6-4-5-8-61-25)26(15)34-35(45(57)65-44(34)56)28-18-12-20(21(13-18)40(52)62-9-7-48)29(28)36-37(47(59)66-46(36)58)31-24-14-23(32(38(49)50)33(24)42(54)60-3)30(31)27-16(2)39(51)64-43(27)55;;;;;;/h15-37,48H,4-14H2,1-3H3,(H,49,50);6*1H4. The maximum absolute atomic E-state index is 14.6. The van der Waals surface area contributed by atoms with Crippen molar-refractivity contribution < 1.29 is 91.3 Å². The van der Waals surface area contributed by atoms with Crippen LogP contribution in [0.2, 0.25) is 0 Å². The Morgan fingerprint density at radius 1 is 0.556 bits per heavy atom. The quantitative estimate of drug-likeness (QED) is 0.138. The normalized spacial score (nSPS) is 43.6. The monoisotopic (exact) mass is 1020 g/mol. The van der Waals surface area contributed by atoms with E-state index in [-0.39, 0.29) is 88.2 Å². The van der Waals surface area contributed by atoms with E-state index in [4.69, 9.17) is 33.2 Å². The van der Waals surface area contributed by atoms with E-state index in [0.717, 1.165) is 20.0 Å². The summed E-state index contributed by atoms with van der Waals surface area (Å²) >= 11 is 0. The average Bonchev–Trinajstić information content (AvgIpc) is 4.18. The molecule has 19 heteroatoms. The molecular weight excluding hydrogens is 941 g/mol. The molecule has 0 aromatic carbocycles. The van der Waals surface area contributed by atoms with Crippen LogP contribution in [-0.4, -0.2) is 103 Å². The second kappa shape index (κ2) is 22.4. The Morgan fingerprint density at radius 3 is 1.57 bits per heavy atom. The third-order valence-electron chi connectivity index (χ3n) is 18.7. The van der Waals surface area contributed by atoms with E-state index in [1.165, 1.54) is 6.92 Å². The smallest absolute Gasteiger partial charge is 0.317 e. The van der Waals surface area contributed by atoms with Gasteiger partial charge in [-0.2, -0.15) is 0 Å². The van der Waals surface area contributed by atoms with Crippen molar-refractivity contribution in [3.8, 4) is 0 Å². The van der Waals surface area contributed by atoms with Crippen LogP contribution in [0.15, 0.2) is 0 Å². The van der Waals surface area contributed by atoms with Gasteiger partial charge in [0.15, 0.2) is 0 Å². The molecule has 10 aliphatic rings. The molecule has 23 unspecified atom stereocenters. The van der Waals surface area contributed by atoms with Gasteiger partial charge in [0, 0.05) is 6.42 Å². The number of methoxy groups -OCH3 is 1. The van der Waals surface area contributed by atoms with Gasteiger partial charge in [-0.15, -0.1) is 0 Å². The molecule has 0 radical (unpaired) electrons. The predicted molar refractivity (Wildman–Crippen MR) is 252 cm³/mol. The van der Waals surface area contributed by atoms with Crippen LogP contribution in [0.4, 0.5) is 0 Å². The maximum atomic E-state index is 14.6. The lowest BCUT2D eigenvalue weighted by Gasteiger charge is -2.46. The zero-order valence-corrected chi connectivity index (χ0v) is 36.9. The van der Waals surface area contributed by atoms with Gasteiger partial charge in [0.2, 0.25) is 6.29 Å². The van der Waals surface area contributed by atoms with Gasteiger partial charge in [0.1, 0.15) is 6.61 Å². The molecule has 2 N–H and O–H groups in total. The van der Waals surface area contributed by atoms with Gasteiger partial charge in [0.05, 0.1) is 79.5 Å². The van der Waals surface area contributed by atoms with Crippen molar-refractivity contribution in [3.63, 3.8) is 0 Å². The van der Waals surface area contributed by atoms with Crippen LogP contribution < -0.4 is 0 Å². The Bertz CT molecular complexity index is 2130. The minimum atomic E-state index is -1.45. The molecule has 6 saturated carbocycles. The second-order valence-corrected chi connectivity index (χ2v) is 21.0. The molecule has 406 valence electrons. The third-order valence-corrected chi connectivity index (χ3v) is 18.7. The highest BCUT2D eigenvalue weighted by molar-refractivity contribution is 6.00. The summed E-state index contributed by atoms with van der Waals surface area (Å²) in [6.07, 6.45) is 3.26. The molecule has 0 aromatic heterocycles. The number of fused-ring (bicyclic) bond motifs is 6. The first-order valence-corrected chi connectivity index (χ1v) is 23.7. The summed E-state index contributed by atoms with van der Waals surface area (Å²) in [5.41, 5.74) is 0. The van der Waals surface area contributed by atoms with Gasteiger partial charge in [-0.25, -0.2) is 0 Å². The zero-order chi connectivity index (χ0) is 46.8. The summed E-state index contributed by atoms with van der Waals surface area (Å²) in [6.45, 7) is 3.17. The summed E-state index contributed by atoms with van der Waals surface area (Å²) in [5.74, 6) is -28.2. The van der Waals surface area contributed by atoms with Crippen LogP contribution in [0, 0.1) is 130 Å². The van der Waals surface area contributed by atoms with E-state index in [2.05, 4.69) is 0 Å². The summed E-state index contributed by atoms with van der Waals surface area (Å²) in [4.78, 5) is 139. The van der Waals surface area contributed by atoms with Crippen LogP contribution in [-0.2, 0) is 81.1 Å². The highest BCUT2D eigenvalue weighted by atomic mass is 16.7. The number of hydrogen-bond acceptors (Lipinski definition) is 18. The first-order chi connectivity index (χ1) is 31.6. The van der Waals surface area contributed by atoms with E-state index in [1.807, 2.05) is 6.92 Å². The van der Waals surface area contributed by atoms with Crippen molar-refractivity contribution in [2.24, 2.45) is 130 Å². The molecule has 4 saturated heterocycles. The lowest BCUT2D eigenvalue weighted by atomic mass is 9.53. The third kappa shape index (κ3) is 8.96. The number of ether oxygens (including phenoxy) is 7. The molecule has 4 aliphatic heterocycles. The molecule has 72 heavy (non-hydrogen) atoms. The Labute approximate surface area is 423 Å². The number of carbonyl (C=O) groups is 10. The molecule has 10 rings (SSSR count). The van der Waals surface area contributed by atoms with E-state index < -0.39 is 185 Å². The van der Waals surface area contributed by atoms with Gasteiger partial charge in [-0.1, -0.05) is 58.4 Å². The number of cyclic esters (lactones) is 6. The number of carboxylic acid groups (broad SMARTS) is 1.